The summed E-state index contributed by atoms with van der Waals surface area (Å²) in [6.07, 6.45) is 0.385. The molecule has 0 spiro atoms. The van der Waals surface area contributed by atoms with Crippen LogP contribution >= 0.6 is 0 Å². The summed E-state index contributed by atoms with van der Waals surface area (Å²) < 4.78 is 0. The maximum atomic E-state index is 12.0. The maximum absolute atomic E-state index is 12.0. The molecule has 0 fully saturated rings. The van der Waals surface area contributed by atoms with E-state index in [1.807, 2.05) is 50.2 Å². The Morgan fingerprint density at radius 1 is 1.11 bits per heavy atom. The van der Waals surface area contributed by atoms with Crippen molar-refractivity contribution in [2.45, 2.75) is 20.3 Å². The monoisotopic (exact) mass is 254 g/mol. The molecule has 2 rings (SSSR count). The van der Waals surface area contributed by atoms with E-state index < -0.39 is 0 Å². The van der Waals surface area contributed by atoms with Gasteiger partial charge >= 0.3 is 0 Å². The highest BCUT2D eigenvalue weighted by Gasteiger charge is 2.07. The van der Waals surface area contributed by atoms with Crippen LogP contribution in [0.15, 0.2) is 42.5 Å². The normalized spacial score (nSPS) is 10.2. The van der Waals surface area contributed by atoms with Gasteiger partial charge < -0.3 is 11.1 Å². The molecule has 2 aromatic rings. The van der Waals surface area contributed by atoms with E-state index in [2.05, 4.69) is 5.32 Å². The van der Waals surface area contributed by atoms with Gasteiger partial charge in [-0.1, -0.05) is 24.3 Å². The second-order valence-electron chi connectivity index (χ2n) is 4.73. The fraction of sp³-hybridized carbons (Fsp3) is 0.188. The Balaban J connectivity index is 2.08. The minimum atomic E-state index is -0.0119. The predicted molar refractivity (Wildman–Crippen MR) is 79.1 cm³/mol. The number of carbonyl (C=O) groups excluding carboxylic acids is 1. The van der Waals surface area contributed by atoms with E-state index in [0.717, 1.165) is 22.4 Å². The number of benzene rings is 2. The highest BCUT2D eigenvalue weighted by molar-refractivity contribution is 5.93. The van der Waals surface area contributed by atoms with Crippen molar-refractivity contribution in [1.82, 2.24) is 0 Å². The molecular weight excluding hydrogens is 236 g/mol. The molecule has 0 saturated heterocycles. The number of rotatable bonds is 3. The first-order valence-electron chi connectivity index (χ1n) is 6.27. The number of aryl methyl sites for hydroxylation is 2. The van der Waals surface area contributed by atoms with Crippen molar-refractivity contribution >= 4 is 17.3 Å². The highest BCUT2D eigenvalue weighted by Crippen LogP contribution is 2.18. The fourth-order valence-corrected chi connectivity index (χ4v) is 2.00. The van der Waals surface area contributed by atoms with Crippen LogP contribution in [-0.2, 0) is 11.2 Å². The molecule has 0 atom stereocenters. The zero-order valence-electron chi connectivity index (χ0n) is 11.2. The molecule has 2 aromatic carbocycles. The number of amides is 1. The van der Waals surface area contributed by atoms with Gasteiger partial charge in [-0.2, -0.15) is 0 Å². The number of carbonyl (C=O) groups is 1. The van der Waals surface area contributed by atoms with E-state index in [1.165, 1.54) is 0 Å². The summed E-state index contributed by atoms with van der Waals surface area (Å²) in [4.78, 5) is 12.0. The van der Waals surface area contributed by atoms with Gasteiger partial charge in [0.05, 0.1) is 6.42 Å². The van der Waals surface area contributed by atoms with Crippen LogP contribution < -0.4 is 11.1 Å². The van der Waals surface area contributed by atoms with Crippen molar-refractivity contribution in [2.24, 2.45) is 0 Å². The summed E-state index contributed by atoms with van der Waals surface area (Å²) in [5.74, 6) is -0.0119. The molecular formula is C16H18N2O. The van der Waals surface area contributed by atoms with Gasteiger partial charge in [0, 0.05) is 11.4 Å². The zero-order valence-corrected chi connectivity index (χ0v) is 11.2. The third-order valence-corrected chi connectivity index (χ3v) is 3.14. The molecule has 0 radical (unpaired) electrons. The van der Waals surface area contributed by atoms with Gasteiger partial charge in [-0.25, -0.2) is 0 Å². The van der Waals surface area contributed by atoms with Gasteiger partial charge in [0.15, 0.2) is 0 Å². The average molecular weight is 254 g/mol. The molecule has 0 bridgehead atoms. The smallest absolute Gasteiger partial charge is 0.228 e. The summed E-state index contributed by atoms with van der Waals surface area (Å²) in [6.45, 7) is 3.94. The second kappa shape index (κ2) is 5.57. The van der Waals surface area contributed by atoms with Crippen LogP contribution in [-0.4, -0.2) is 5.91 Å². The SMILES string of the molecule is Cc1ccccc1CC(=O)Nc1ccc(N)cc1C. The molecule has 0 aliphatic carbocycles. The number of anilines is 2. The van der Waals surface area contributed by atoms with Crippen LogP contribution in [0.4, 0.5) is 11.4 Å². The quantitative estimate of drug-likeness (QED) is 0.827. The van der Waals surface area contributed by atoms with Crippen molar-refractivity contribution in [3.05, 3.63) is 59.2 Å². The molecule has 0 aromatic heterocycles. The largest absolute Gasteiger partial charge is 0.399 e. The lowest BCUT2D eigenvalue weighted by Crippen LogP contribution is -2.15. The number of hydrogen-bond donors (Lipinski definition) is 2. The Hall–Kier alpha value is -2.29. The van der Waals surface area contributed by atoms with Crippen LogP contribution in [0, 0.1) is 13.8 Å². The van der Waals surface area contributed by atoms with Gasteiger partial charge in [0.1, 0.15) is 0 Å². The van der Waals surface area contributed by atoms with E-state index in [4.69, 9.17) is 5.73 Å². The van der Waals surface area contributed by atoms with E-state index in [9.17, 15) is 4.79 Å². The molecule has 0 aliphatic rings. The van der Waals surface area contributed by atoms with E-state index in [-0.39, 0.29) is 5.91 Å². The van der Waals surface area contributed by atoms with Gasteiger partial charge in [0.25, 0.3) is 0 Å². The van der Waals surface area contributed by atoms with Crippen LogP contribution in [0.2, 0.25) is 0 Å². The standard InChI is InChI=1S/C16H18N2O/c1-11-5-3-4-6-13(11)10-16(19)18-15-8-7-14(17)9-12(15)2/h3-9H,10,17H2,1-2H3,(H,18,19). The number of nitrogens with one attached hydrogen (secondary N) is 1. The minimum absolute atomic E-state index is 0.0119. The lowest BCUT2D eigenvalue weighted by Gasteiger charge is -2.10. The molecule has 19 heavy (non-hydrogen) atoms. The molecule has 0 unspecified atom stereocenters. The number of nitrogens with two attached hydrogens (primary N) is 1. The van der Waals surface area contributed by atoms with Gasteiger partial charge in [0.2, 0.25) is 5.91 Å². The van der Waals surface area contributed by atoms with Crippen molar-refractivity contribution in [1.29, 1.82) is 0 Å². The Morgan fingerprint density at radius 2 is 1.84 bits per heavy atom. The summed E-state index contributed by atoms with van der Waals surface area (Å²) in [5.41, 5.74) is 10.4. The minimum Gasteiger partial charge on any atom is -0.399 e. The topological polar surface area (TPSA) is 55.1 Å². The van der Waals surface area contributed by atoms with E-state index in [1.54, 1.807) is 6.07 Å². The zero-order chi connectivity index (χ0) is 13.8. The van der Waals surface area contributed by atoms with Crippen molar-refractivity contribution in [3.8, 4) is 0 Å². The number of nitrogen functional groups attached to an aromatic ring is 1. The summed E-state index contributed by atoms with van der Waals surface area (Å²) in [6, 6.07) is 13.4. The second-order valence-corrected chi connectivity index (χ2v) is 4.73. The predicted octanol–water partition coefficient (Wildman–Crippen LogP) is 3.07. The van der Waals surface area contributed by atoms with Crippen molar-refractivity contribution in [3.63, 3.8) is 0 Å². The first kappa shape index (κ1) is 13.1. The Kier molecular flexibility index (Phi) is 3.85. The molecule has 3 N–H and O–H groups in total. The summed E-state index contributed by atoms with van der Waals surface area (Å²) >= 11 is 0. The number of hydrogen-bond acceptors (Lipinski definition) is 2. The van der Waals surface area contributed by atoms with Crippen LogP contribution in [0.5, 0.6) is 0 Å². The lowest BCUT2D eigenvalue weighted by atomic mass is 10.1. The average Bonchev–Trinajstić information content (AvgIpc) is 2.36. The van der Waals surface area contributed by atoms with E-state index >= 15 is 0 Å². The molecule has 0 aliphatic heterocycles. The molecule has 98 valence electrons. The van der Waals surface area contributed by atoms with Crippen LogP contribution in [0.1, 0.15) is 16.7 Å². The molecule has 0 saturated carbocycles. The molecule has 0 heterocycles. The Morgan fingerprint density at radius 3 is 2.53 bits per heavy atom. The fourth-order valence-electron chi connectivity index (χ4n) is 2.00. The maximum Gasteiger partial charge on any atom is 0.228 e. The summed E-state index contributed by atoms with van der Waals surface area (Å²) in [5, 5.41) is 2.92. The lowest BCUT2D eigenvalue weighted by molar-refractivity contribution is -0.115. The van der Waals surface area contributed by atoms with Gasteiger partial charge in [-0.3, -0.25) is 4.79 Å². The van der Waals surface area contributed by atoms with Crippen molar-refractivity contribution < 1.29 is 4.79 Å². The van der Waals surface area contributed by atoms with Crippen LogP contribution in [0.3, 0.4) is 0 Å². The summed E-state index contributed by atoms with van der Waals surface area (Å²) in [7, 11) is 0. The highest BCUT2D eigenvalue weighted by atomic mass is 16.1. The van der Waals surface area contributed by atoms with Gasteiger partial charge in [-0.15, -0.1) is 0 Å². The molecule has 3 heteroatoms. The Bertz CT molecular complexity index is 605. The molecule has 3 nitrogen and oxygen atoms in total. The Labute approximate surface area is 113 Å². The first-order chi connectivity index (χ1) is 9.06. The van der Waals surface area contributed by atoms with Crippen LogP contribution in [0.25, 0.3) is 0 Å². The van der Waals surface area contributed by atoms with Gasteiger partial charge in [-0.05, 0) is 48.7 Å². The van der Waals surface area contributed by atoms with Crippen molar-refractivity contribution in [2.75, 3.05) is 11.1 Å². The third-order valence-electron chi connectivity index (χ3n) is 3.14. The van der Waals surface area contributed by atoms with E-state index in [0.29, 0.717) is 12.1 Å². The third kappa shape index (κ3) is 3.35. The first-order valence-corrected chi connectivity index (χ1v) is 6.27. The molecule has 1 amide bonds.